The molecule has 1 heterocycles. The quantitative estimate of drug-likeness (QED) is 0.889. The van der Waals surface area contributed by atoms with Crippen LogP contribution in [0.5, 0.6) is 5.75 Å². The largest absolute Gasteiger partial charge is 0.496 e. The molecule has 1 aliphatic heterocycles. The second kappa shape index (κ2) is 5.13. The monoisotopic (exact) mass is 282 g/mol. The molecule has 0 saturated heterocycles. The lowest BCUT2D eigenvalue weighted by Gasteiger charge is -2.29. The van der Waals surface area contributed by atoms with E-state index >= 15 is 0 Å². The number of amides is 1. The Morgan fingerprint density at radius 2 is 1.81 bits per heavy atom. The number of anilines is 1. The molecule has 21 heavy (non-hydrogen) atoms. The molecule has 4 heteroatoms. The minimum absolute atomic E-state index is 0.0535. The van der Waals surface area contributed by atoms with Crippen molar-refractivity contribution in [3.8, 4) is 5.75 Å². The van der Waals surface area contributed by atoms with Crippen molar-refractivity contribution in [3.05, 3.63) is 58.7 Å². The van der Waals surface area contributed by atoms with Crippen molar-refractivity contribution in [2.45, 2.75) is 20.0 Å². The number of fused-ring (bicyclic) bond motifs is 1. The number of aryl methyl sites for hydroxylation is 2. The lowest BCUT2D eigenvalue weighted by Crippen LogP contribution is -2.38. The van der Waals surface area contributed by atoms with E-state index in [0.29, 0.717) is 5.56 Å². The van der Waals surface area contributed by atoms with Gasteiger partial charge in [-0.3, -0.25) is 4.79 Å². The fourth-order valence-electron chi connectivity index (χ4n) is 2.71. The normalized spacial score (nSPS) is 16.7. The predicted octanol–water partition coefficient (Wildman–Crippen LogP) is 3.17. The lowest BCUT2D eigenvalue weighted by atomic mass is 9.99. The Bertz CT molecular complexity index is 710. The van der Waals surface area contributed by atoms with Gasteiger partial charge in [-0.15, -0.1) is 0 Å². The molecule has 108 valence electrons. The molecule has 3 rings (SSSR count). The molecule has 0 spiro atoms. The summed E-state index contributed by atoms with van der Waals surface area (Å²) < 4.78 is 5.34. The number of para-hydroxylation sites is 1. The summed E-state index contributed by atoms with van der Waals surface area (Å²) in [7, 11) is 1.67. The fourth-order valence-corrected chi connectivity index (χ4v) is 2.71. The zero-order valence-corrected chi connectivity index (χ0v) is 12.4. The number of carbonyl (C=O) groups excluding carboxylic acids is 1. The highest BCUT2D eigenvalue weighted by Gasteiger charge is 2.25. The van der Waals surface area contributed by atoms with Crippen molar-refractivity contribution in [1.29, 1.82) is 0 Å². The van der Waals surface area contributed by atoms with E-state index in [2.05, 4.69) is 16.7 Å². The molecule has 0 unspecified atom stereocenters. The first-order valence-electron chi connectivity index (χ1n) is 6.91. The summed E-state index contributed by atoms with van der Waals surface area (Å²) in [6, 6.07) is 11.6. The van der Waals surface area contributed by atoms with Gasteiger partial charge in [0.15, 0.2) is 0 Å². The van der Waals surface area contributed by atoms with Gasteiger partial charge in [0, 0.05) is 5.69 Å². The molecule has 1 amide bonds. The maximum absolute atomic E-state index is 12.2. The van der Waals surface area contributed by atoms with E-state index in [1.165, 1.54) is 0 Å². The average molecular weight is 282 g/mol. The molecule has 0 bridgehead atoms. The summed E-state index contributed by atoms with van der Waals surface area (Å²) in [4.78, 5) is 12.2. The number of nitrogens with one attached hydrogen (secondary N) is 2. The SMILES string of the molecule is COc1cc(C)c([C@H]2NC(=O)c3ccccc3N2)cc1C. The van der Waals surface area contributed by atoms with Crippen LogP contribution in [-0.4, -0.2) is 13.0 Å². The number of methoxy groups -OCH3 is 1. The summed E-state index contributed by atoms with van der Waals surface area (Å²) in [5.74, 6) is 0.806. The van der Waals surface area contributed by atoms with E-state index in [-0.39, 0.29) is 12.1 Å². The molecule has 0 aromatic heterocycles. The topological polar surface area (TPSA) is 50.4 Å². The van der Waals surface area contributed by atoms with E-state index < -0.39 is 0 Å². The molecule has 2 N–H and O–H groups in total. The molecule has 1 aliphatic rings. The first kappa shape index (κ1) is 13.5. The number of hydrogen-bond acceptors (Lipinski definition) is 3. The number of hydrogen-bond donors (Lipinski definition) is 2. The molecule has 0 saturated carbocycles. The molecule has 0 radical (unpaired) electrons. The second-order valence-corrected chi connectivity index (χ2v) is 5.27. The highest BCUT2D eigenvalue weighted by molar-refractivity contribution is 6.01. The highest BCUT2D eigenvalue weighted by Crippen LogP contribution is 2.31. The average Bonchev–Trinajstić information content (AvgIpc) is 2.49. The van der Waals surface area contributed by atoms with Gasteiger partial charge in [-0.25, -0.2) is 0 Å². The van der Waals surface area contributed by atoms with E-state index in [1.54, 1.807) is 7.11 Å². The number of benzene rings is 2. The molecule has 2 aromatic rings. The van der Waals surface area contributed by atoms with Gasteiger partial charge in [-0.2, -0.15) is 0 Å². The minimum atomic E-state index is -0.225. The standard InChI is InChI=1S/C17H18N2O2/c1-10-9-15(21-3)11(2)8-13(10)16-18-14-7-5-4-6-12(14)17(20)19-16/h4-9,16,18H,1-3H3,(H,19,20)/t16-/m1/s1. The first-order valence-corrected chi connectivity index (χ1v) is 6.91. The molecule has 2 aromatic carbocycles. The summed E-state index contributed by atoms with van der Waals surface area (Å²) in [6.45, 7) is 4.02. The van der Waals surface area contributed by atoms with Crippen LogP contribution in [0.4, 0.5) is 5.69 Å². The van der Waals surface area contributed by atoms with Gasteiger partial charge < -0.3 is 15.4 Å². The minimum Gasteiger partial charge on any atom is -0.496 e. The van der Waals surface area contributed by atoms with Crippen molar-refractivity contribution in [2.75, 3.05) is 12.4 Å². The van der Waals surface area contributed by atoms with Crippen LogP contribution in [0, 0.1) is 13.8 Å². The second-order valence-electron chi connectivity index (χ2n) is 5.27. The lowest BCUT2D eigenvalue weighted by molar-refractivity contribution is 0.0935. The van der Waals surface area contributed by atoms with Crippen LogP contribution in [0.2, 0.25) is 0 Å². The van der Waals surface area contributed by atoms with E-state index in [0.717, 1.165) is 28.1 Å². The maximum Gasteiger partial charge on any atom is 0.255 e. The van der Waals surface area contributed by atoms with E-state index in [9.17, 15) is 4.79 Å². The van der Waals surface area contributed by atoms with Crippen LogP contribution in [0.3, 0.4) is 0 Å². The van der Waals surface area contributed by atoms with Gasteiger partial charge in [0.05, 0.1) is 12.7 Å². The summed E-state index contributed by atoms with van der Waals surface area (Å²) in [5, 5.41) is 6.38. The van der Waals surface area contributed by atoms with Gasteiger partial charge in [0.25, 0.3) is 5.91 Å². The van der Waals surface area contributed by atoms with Gasteiger partial charge >= 0.3 is 0 Å². The third-order valence-electron chi connectivity index (χ3n) is 3.84. The third kappa shape index (κ3) is 2.33. The molecular formula is C17H18N2O2. The van der Waals surface area contributed by atoms with E-state index in [1.807, 2.05) is 44.2 Å². The number of rotatable bonds is 2. The summed E-state index contributed by atoms with van der Waals surface area (Å²) in [5.41, 5.74) is 4.72. The third-order valence-corrected chi connectivity index (χ3v) is 3.84. The Morgan fingerprint density at radius 1 is 1.05 bits per heavy atom. The number of ether oxygens (including phenoxy) is 1. The van der Waals surface area contributed by atoms with E-state index in [4.69, 9.17) is 4.74 Å². The highest BCUT2D eigenvalue weighted by atomic mass is 16.5. The fraction of sp³-hybridized carbons (Fsp3) is 0.235. The van der Waals surface area contributed by atoms with Crippen molar-refractivity contribution < 1.29 is 9.53 Å². The Balaban J connectivity index is 2.00. The Morgan fingerprint density at radius 3 is 2.57 bits per heavy atom. The van der Waals surface area contributed by atoms with Gasteiger partial charge in [0.1, 0.15) is 11.9 Å². The Labute approximate surface area is 124 Å². The molecule has 4 nitrogen and oxygen atoms in total. The zero-order chi connectivity index (χ0) is 15.0. The smallest absolute Gasteiger partial charge is 0.255 e. The summed E-state index contributed by atoms with van der Waals surface area (Å²) >= 11 is 0. The van der Waals surface area contributed by atoms with Crippen LogP contribution in [0.15, 0.2) is 36.4 Å². The molecular weight excluding hydrogens is 264 g/mol. The van der Waals surface area contributed by atoms with Crippen molar-refractivity contribution in [1.82, 2.24) is 5.32 Å². The maximum atomic E-state index is 12.2. The number of carbonyl (C=O) groups is 1. The van der Waals surface area contributed by atoms with Crippen LogP contribution in [-0.2, 0) is 0 Å². The first-order chi connectivity index (χ1) is 10.1. The van der Waals surface area contributed by atoms with Crippen molar-refractivity contribution in [2.24, 2.45) is 0 Å². The predicted molar refractivity (Wildman–Crippen MR) is 82.7 cm³/mol. The molecule has 0 fully saturated rings. The Kier molecular flexibility index (Phi) is 3.29. The van der Waals surface area contributed by atoms with Gasteiger partial charge in [-0.05, 0) is 54.8 Å². The van der Waals surface area contributed by atoms with Crippen LogP contribution in [0.1, 0.15) is 33.2 Å². The molecule has 1 atom stereocenters. The summed E-state index contributed by atoms with van der Waals surface area (Å²) in [6.07, 6.45) is -0.225. The van der Waals surface area contributed by atoms with Gasteiger partial charge in [-0.1, -0.05) is 12.1 Å². The molecule has 0 aliphatic carbocycles. The van der Waals surface area contributed by atoms with Crippen LogP contribution < -0.4 is 15.4 Å². The van der Waals surface area contributed by atoms with Crippen molar-refractivity contribution in [3.63, 3.8) is 0 Å². The zero-order valence-electron chi connectivity index (χ0n) is 12.4. The Hall–Kier alpha value is -2.49. The van der Waals surface area contributed by atoms with Crippen LogP contribution >= 0.6 is 0 Å². The van der Waals surface area contributed by atoms with Crippen molar-refractivity contribution >= 4 is 11.6 Å². The van der Waals surface area contributed by atoms with Gasteiger partial charge in [0.2, 0.25) is 0 Å². The van der Waals surface area contributed by atoms with Crippen LogP contribution in [0.25, 0.3) is 0 Å².